The van der Waals surface area contributed by atoms with E-state index in [0.29, 0.717) is 6.10 Å². The van der Waals surface area contributed by atoms with E-state index in [9.17, 15) is 5.11 Å². The number of hydrogen-bond donors (Lipinski definition) is 1. The molecule has 3 unspecified atom stereocenters. The maximum absolute atomic E-state index is 10.4. The van der Waals surface area contributed by atoms with Crippen molar-refractivity contribution in [2.75, 3.05) is 0 Å². The lowest BCUT2D eigenvalue weighted by molar-refractivity contribution is -0.0495. The summed E-state index contributed by atoms with van der Waals surface area (Å²) in [4.78, 5) is 0. The molecule has 3 rings (SSSR count). The second-order valence-corrected chi connectivity index (χ2v) is 7.84. The smallest absolute Gasteiger partial charge is 0.105 e. The molecule has 3 aliphatic rings. The summed E-state index contributed by atoms with van der Waals surface area (Å²) >= 11 is 0. The van der Waals surface area contributed by atoms with Gasteiger partial charge in [-0.15, -0.1) is 0 Å². The molecule has 17 heavy (non-hydrogen) atoms. The molecule has 0 aromatic heterocycles. The third-order valence-corrected chi connectivity index (χ3v) is 6.00. The lowest BCUT2D eigenvalue weighted by Gasteiger charge is -2.49. The zero-order valence-corrected chi connectivity index (χ0v) is 11.7. The van der Waals surface area contributed by atoms with Crippen LogP contribution in [-0.4, -0.2) is 22.4 Å². The molecule has 3 fully saturated rings. The van der Waals surface area contributed by atoms with E-state index in [0.717, 1.165) is 19.3 Å². The van der Waals surface area contributed by atoms with Crippen LogP contribution < -0.4 is 0 Å². The van der Waals surface area contributed by atoms with Crippen LogP contribution in [0.5, 0.6) is 0 Å². The highest BCUT2D eigenvalue weighted by Gasteiger charge is 2.75. The van der Waals surface area contributed by atoms with E-state index >= 15 is 0 Å². The van der Waals surface area contributed by atoms with Crippen LogP contribution in [-0.2, 0) is 4.74 Å². The molecule has 1 heterocycles. The number of hydrogen-bond acceptors (Lipinski definition) is 2. The normalized spacial score (nSPS) is 56.6. The van der Waals surface area contributed by atoms with Gasteiger partial charge < -0.3 is 9.84 Å². The van der Waals surface area contributed by atoms with Gasteiger partial charge in [-0.25, -0.2) is 0 Å². The molecule has 0 bridgehead atoms. The Morgan fingerprint density at radius 3 is 2.41 bits per heavy atom. The molecular formula is C15H26O2. The van der Waals surface area contributed by atoms with E-state index < -0.39 is 5.60 Å². The van der Waals surface area contributed by atoms with E-state index in [1.165, 1.54) is 19.3 Å². The summed E-state index contributed by atoms with van der Waals surface area (Å²) < 4.78 is 6.24. The van der Waals surface area contributed by atoms with Crippen LogP contribution in [0.2, 0.25) is 0 Å². The molecular weight excluding hydrogens is 212 g/mol. The van der Waals surface area contributed by atoms with E-state index in [1.54, 1.807) is 0 Å². The molecule has 0 amide bonds. The van der Waals surface area contributed by atoms with Crippen molar-refractivity contribution in [2.24, 2.45) is 10.8 Å². The molecule has 2 aliphatic carbocycles. The van der Waals surface area contributed by atoms with Gasteiger partial charge in [0.05, 0.1) is 11.7 Å². The van der Waals surface area contributed by atoms with Gasteiger partial charge in [0.2, 0.25) is 0 Å². The van der Waals surface area contributed by atoms with Crippen molar-refractivity contribution < 1.29 is 9.84 Å². The van der Waals surface area contributed by atoms with Gasteiger partial charge >= 0.3 is 0 Å². The fourth-order valence-corrected chi connectivity index (χ4v) is 4.97. The molecule has 0 radical (unpaired) electrons. The molecule has 2 heteroatoms. The van der Waals surface area contributed by atoms with Gasteiger partial charge in [0.25, 0.3) is 0 Å². The topological polar surface area (TPSA) is 32.8 Å². The maximum atomic E-state index is 10.4. The van der Waals surface area contributed by atoms with Crippen LogP contribution in [0.4, 0.5) is 0 Å². The van der Waals surface area contributed by atoms with Crippen molar-refractivity contribution in [1.29, 1.82) is 0 Å². The minimum Gasteiger partial charge on any atom is -0.390 e. The van der Waals surface area contributed by atoms with Crippen molar-refractivity contribution in [1.82, 2.24) is 0 Å². The van der Waals surface area contributed by atoms with Gasteiger partial charge in [-0.3, -0.25) is 0 Å². The van der Waals surface area contributed by atoms with Crippen LogP contribution in [0.25, 0.3) is 0 Å². The Hall–Kier alpha value is -0.0800. The van der Waals surface area contributed by atoms with Gasteiger partial charge in [0.15, 0.2) is 0 Å². The van der Waals surface area contributed by atoms with E-state index in [-0.39, 0.29) is 16.4 Å². The summed E-state index contributed by atoms with van der Waals surface area (Å²) in [5, 5.41) is 10.4. The van der Waals surface area contributed by atoms with Crippen molar-refractivity contribution in [3.8, 4) is 0 Å². The summed E-state index contributed by atoms with van der Waals surface area (Å²) in [5.74, 6) is 0. The summed E-state index contributed by atoms with van der Waals surface area (Å²) in [6.07, 6.45) is 7.00. The lowest BCUT2D eigenvalue weighted by Crippen LogP contribution is -2.51. The number of epoxide rings is 1. The second-order valence-electron chi connectivity index (χ2n) is 7.84. The van der Waals surface area contributed by atoms with Gasteiger partial charge in [-0.1, -0.05) is 27.2 Å². The number of ether oxygens (including phenoxy) is 1. The van der Waals surface area contributed by atoms with Gasteiger partial charge in [0.1, 0.15) is 5.60 Å². The van der Waals surface area contributed by atoms with Gasteiger partial charge in [-0.2, -0.15) is 0 Å². The molecule has 1 aliphatic heterocycles. The first-order chi connectivity index (χ1) is 7.73. The molecule has 98 valence electrons. The molecule has 4 atom stereocenters. The van der Waals surface area contributed by atoms with Crippen LogP contribution in [0, 0.1) is 10.8 Å². The lowest BCUT2D eigenvalue weighted by atomic mass is 9.54. The molecule has 0 aromatic rings. The summed E-state index contributed by atoms with van der Waals surface area (Å²) in [6, 6.07) is 0. The zero-order valence-electron chi connectivity index (χ0n) is 11.7. The van der Waals surface area contributed by atoms with E-state index in [2.05, 4.69) is 20.8 Å². The molecule has 1 N–H and O–H groups in total. The highest BCUT2D eigenvalue weighted by atomic mass is 16.6. The van der Waals surface area contributed by atoms with Gasteiger partial charge in [-0.05, 0) is 43.4 Å². The Labute approximate surface area is 105 Å². The van der Waals surface area contributed by atoms with Crippen LogP contribution >= 0.6 is 0 Å². The van der Waals surface area contributed by atoms with Gasteiger partial charge in [0, 0.05) is 6.42 Å². The first-order valence-electron chi connectivity index (χ1n) is 7.13. The minimum absolute atomic E-state index is 0.0543. The Balaban J connectivity index is 2.01. The van der Waals surface area contributed by atoms with E-state index in [1.807, 2.05) is 6.92 Å². The van der Waals surface area contributed by atoms with Crippen molar-refractivity contribution in [3.05, 3.63) is 0 Å². The average molecular weight is 238 g/mol. The first-order valence-corrected chi connectivity index (χ1v) is 7.13. The van der Waals surface area contributed by atoms with Crippen molar-refractivity contribution in [3.63, 3.8) is 0 Å². The molecule has 0 aromatic carbocycles. The zero-order chi connectivity index (χ0) is 12.5. The Bertz CT molecular complexity index is 347. The largest absolute Gasteiger partial charge is 0.390 e. The Kier molecular flexibility index (Phi) is 2.17. The SMILES string of the molecule is CC1(C)CCCC2(C)CC[C@](C)(O)CC3OC312. The van der Waals surface area contributed by atoms with Crippen LogP contribution in [0.15, 0.2) is 0 Å². The van der Waals surface area contributed by atoms with Crippen LogP contribution in [0.1, 0.15) is 66.2 Å². The Morgan fingerprint density at radius 1 is 1.00 bits per heavy atom. The fraction of sp³-hybridized carbons (Fsp3) is 1.00. The van der Waals surface area contributed by atoms with E-state index in [4.69, 9.17) is 4.74 Å². The van der Waals surface area contributed by atoms with Crippen LogP contribution in [0.3, 0.4) is 0 Å². The summed E-state index contributed by atoms with van der Waals surface area (Å²) in [6.45, 7) is 9.11. The first kappa shape index (κ1) is 12.0. The third-order valence-electron chi connectivity index (χ3n) is 6.00. The number of aliphatic hydroxyl groups is 1. The Morgan fingerprint density at radius 2 is 1.71 bits per heavy atom. The highest BCUT2D eigenvalue weighted by Crippen LogP contribution is 2.70. The number of rotatable bonds is 0. The average Bonchev–Trinajstić information content (AvgIpc) is 2.88. The molecule has 2 nitrogen and oxygen atoms in total. The monoisotopic (exact) mass is 238 g/mol. The highest BCUT2D eigenvalue weighted by molar-refractivity contribution is 5.23. The predicted octanol–water partition coefficient (Wildman–Crippen LogP) is 3.28. The summed E-state index contributed by atoms with van der Waals surface area (Å²) in [7, 11) is 0. The van der Waals surface area contributed by atoms with Crippen molar-refractivity contribution >= 4 is 0 Å². The predicted molar refractivity (Wildman–Crippen MR) is 67.8 cm³/mol. The third kappa shape index (κ3) is 1.40. The summed E-state index contributed by atoms with van der Waals surface area (Å²) in [5.41, 5.74) is 0.0777. The maximum Gasteiger partial charge on any atom is 0.105 e. The fourth-order valence-electron chi connectivity index (χ4n) is 4.97. The molecule has 1 saturated heterocycles. The standard InChI is InChI=1S/C15H26O2/c1-12(2)6-5-7-13(3)8-9-14(4,16)10-11-15(12,13)17-11/h11,16H,5-10H2,1-4H3/t11?,13?,14-,15?/m0/s1. The second kappa shape index (κ2) is 3.08. The van der Waals surface area contributed by atoms with Crippen molar-refractivity contribution in [2.45, 2.75) is 83.5 Å². The minimum atomic E-state index is -0.523. The quantitative estimate of drug-likeness (QED) is 0.657. The molecule has 1 spiro atoms. The molecule has 2 saturated carbocycles.